The van der Waals surface area contributed by atoms with Gasteiger partial charge in [-0.1, -0.05) is 22.6 Å². The van der Waals surface area contributed by atoms with Gasteiger partial charge in [0.05, 0.1) is 0 Å². The summed E-state index contributed by atoms with van der Waals surface area (Å²) >= 11 is 1.97. The van der Waals surface area contributed by atoms with Crippen LogP contribution in [0.15, 0.2) is 0 Å². The molecule has 1 rings (SSSR count). The molecule has 0 saturated carbocycles. The van der Waals surface area contributed by atoms with Gasteiger partial charge in [0.2, 0.25) is 0 Å². The second-order valence-electron chi connectivity index (χ2n) is 2.23. The van der Waals surface area contributed by atoms with Gasteiger partial charge in [-0.05, 0) is 0 Å². The molecule has 1 amide bonds. The van der Waals surface area contributed by atoms with E-state index in [4.69, 9.17) is 0 Å². The zero-order valence-corrected chi connectivity index (χ0v) is 7.19. The van der Waals surface area contributed by atoms with E-state index in [2.05, 4.69) is 5.32 Å². The average molecular weight is 261 g/mol. The van der Waals surface area contributed by atoms with Crippen LogP contribution in [-0.4, -0.2) is 22.3 Å². The highest BCUT2D eigenvalue weighted by Crippen LogP contribution is 2.26. The van der Waals surface area contributed by atoms with Crippen LogP contribution >= 0.6 is 22.6 Å². The second-order valence-corrected chi connectivity index (χ2v) is 3.11. The van der Waals surface area contributed by atoms with E-state index in [9.17, 15) is 13.6 Å². The number of alkyl halides is 3. The van der Waals surface area contributed by atoms with Crippen molar-refractivity contribution < 1.29 is 13.6 Å². The minimum absolute atomic E-state index is 0.344. The molecule has 1 N–H and O–H groups in total. The van der Waals surface area contributed by atoms with Gasteiger partial charge in [0.25, 0.3) is 5.91 Å². The molecule has 10 heavy (non-hydrogen) atoms. The van der Waals surface area contributed by atoms with Crippen LogP contribution in [0.2, 0.25) is 0 Å². The van der Waals surface area contributed by atoms with Crippen LogP contribution in [0, 0.1) is 0 Å². The first kappa shape index (κ1) is 8.16. The van der Waals surface area contributed by atoms with Crippen molar-refractivity contribution in [2.75, 3.05) is 4.43 Å². The molecule has 0 aliphatic carbocycles. The minimum atomic E-state index is -3.13. The number of halogens is 3. The first-order valence-corrected chi connectivity index (χ1v) is 4.33. The predicted octanol–water partition coefficient (Wildman–Crippen LogP) is 0.945. The number of hydrogen-bond donors (Lipinski definition) is 1. The standard InChI is InChI=1S/C5H6F2INO/c6-5(7)1-3(2-8)9-4(5)10/h3H,1-2H2,(H,9,10). The Balaban J connectivity index is 2.62. The van der Waals surface area contributed by atoms with E-state index in [1.54, 1.807) is 0 Å². The van der Waals surface area contributed by atoms with E-state index < -0.39 is 11.8 Å². The summed E-state index contributed by atoms with van der Waals surface area (Å²) in [4.78, 5) is 10.4. The summed E-state index contributed by atoms with van der Waals surface area (Å²) in [7, 11) is 0. The van der Waals surface area contributed by atoms with Gasteiger partial charge >= 0.3 is 5.92 Å². The molecule has 0 radical (unpaired) electrons. The summed E-state index contributed by atoms with van der Waals surface area (Å²) in [6, 6.07) is -0.344. The summed E-state index contributed by atoms with van der Waals surface area (Å²) in [6.45, 7) is 0. The van der Waals surface area contributed by atoms with E-state index in [0.29, 0.717) is 4.43 Å². The topological polar surface area (TPSA) is 29.1 Å². The Hall–Kier alpha value is 0.0600. The number of rotatable bonds is 1. The fourth-order valence-electron chi connectivity index (χ4n) is 0.837. The molecule has 0 spiro atoms. The Morgan fingerprint density at radius 1 is 1.80 bits per heavy atom. The lowest BCUT2D eigenvalue weighted by Gasteiger charge is -2.02. The van der Waals surface area contributed by atoms with E-state index >= 15 is 0 Å². The largest absolute Gasteiger partial charge is 0.347 e. The number of carbonyl (C=O) groups excluding carboxylic acids is 1. The van der Waals surface area contributed by atoms with Crippen molar-refractivity contribution in [2.24, 2.45) is 0 Å². The Bertz CT molecular complexity index is 162. The lowest BCUT2D eigenvalue weighted by Crippen LogP contribution is -2.30. The molecule has 0 aromatic heterocycles. The van der Waals surface area contributed by atoms with Gasteiger partial charge in [-0.2, -0.15) is 8.78 Å². The molecular weight excluding hydrogens is 255 g/mol. The van der Waals surface area contributed by atoms with Crippen LogP contribution in [-0.2, 0) is 4.79 Å². The minimum Gasteiger partial charge on any atom is -0.347 e. The van der Waals surface area contributed by atoms with Crippen LogP contribution in [0.5, 0.6) is 0 Å². The maximum Gasteiger partial charge on any atom is 0.326 e. The van der Waals surface area contributed by atoms with E-state index in [1.807, 2.05) is 22.6 Å². The summed E-state index contributed by atoms with van der Waals surface area (Å²) in [5.41, 5.74) is 0. The summed E-state index contributed by atoms with van der Waals surface area (Å²) < 4.78 is 25.3. The van der Waals surface area contributed by atoms with E-state index in [1.165, 1.54) is 0 Å². The van der Waals surface area contributed by atoms with Crippen LogP contribution < -0.4 is 5.32 Å². The van der Waals surface area contributed by atoms with Crippen LogP contribution in [0.1, 0.15) is 6.42 Å². The normalized spacial score (nSPS) is 30.3. The van der Waals surface area contributed by atoms with Crippen molar-refractivity contribution in [2.45, 2.75) is 18.4 Å². The van der Waals surface area contributed by atoms with Crippen LogP contribution in [0.4, 0.5) is 8.78 Å². The van der Waals surface area contributed by atoms with Gasteiger partial charge in [0, 0.05) is 16.9 Å². The highest BCUT2D eigenvalue weighted by Gasteiger charge is 2.47. The molecule has 1 heterocycles. The third-order valence-electron chi connectivity index (χ3n) is 1.36. The Morgan fingerprint density at radius 2 is 2.40 bits per heavy atom. The van der Waals surface area contributed by atoms with Crippen molar-refractivity contribution in [1.29, 1.82) is 0 Å². The first-order valence-electron chi connectivity index (χ1n) is 2.81. The smallest absolute Gasteiger partial charge is 0.326 e. The van der Waals surface area contributed by atoms with Gasteiger partial charge in [0.1, 0.15) is 0 Å². The average Bonchev–Trinajstić information content (AvgIpc) is 2.08. The SMILES string of the molecule is O=C1NC(CI)CC1(F)F. The molecule has 1 atom stereocenters. The van der Waals surface area contributed by atoms with Crippen molar-refractivity contribution in [3.63, 3.8) is 0 Å². The Kier molecular flexibility index (Phi) is 2.12. The van der Waals surface area contributed by atoms with Crippen molar-refractivity contribution >= 4 is 28.5 Å². The zero-order chi connectivity index (χ0) is 7.78. The maximum atomic E-state index is 12.4. The van der Waals surface area contributed by atoms with E-state index in [0.717, 1.165) is 0 Å². The molecular formula is C5H6F2INO. The Labute approximate surface area is 70.5 Å². The molecule has 0 aromatic carbocycles. The summed E-state index contributed by atoms with van der Waals surface area (Å²) in [5.74, 6) is -4.26. The molecule has 5 heteroatoms. The molecule has 1 fully saturated rings. The quantitative estimate of drug-likeness (QED) is 0.552. The molecule has 1 aliphatic heterocycles. The fraction of sp³-hybridized carbons (Fsp3) is 0.800. The molecule has 0 bridgehead atoms. The molecule has 1 aliphatic rings. The number of carbonyl (C=O) groups is 1. The van der Waals surface area contributed by atoms with E-state index in [-0.39, 0.29) is 12.5 Å². The highest BCUT2D eigenvalue weighted by atomic mass is 127. The maximum absolute atomic E-state index is 12.4. The Morgan fingerprint density at radius 3 is 2.60 bits per heavy atom. The molecule has 0 aromatic rings. The molecule has 58 valence electrons. The van der Waals surface area contributed by atoms with Gasteiger partial charge in [-0.25, -0.2) is 0 Å². The van der Waals surface area contributed by atoms with Crippen molar-refractivity contribution in [3.8, 4) is 0 Å². The van der Waals surface area contributed by atoms with Gasteiger partial charge in [-0.15, -0.1) is 0 Å². The van der Waals surface area contributed by atoms with Crippen LogP contribution in [0.3, 0.4) is 0 Å². The molecule has 1 unspecified atom stereocenters. The predicted molar refractivity (Wildman–Crippen MR) is 40.4 cm³/mol. The van der Waals surface area contributed by atoms with Gasteiger partial charge < -0.3 is 5.32 Å². The summed E-state index contributed by atoms with van der Waals surface area (Å²) in [6.07, 6.45) is -0.352. The third kappa shape index (κ3) is 1.38. The number of nitrogens with one attached hydrogen (secondary N) is 1. The summed E-state index contributed by atoms with van der Waals surface area (Å²) in [5, 5.41) is 2.20. The third-order valence-corrected chi connectivity index (χ3v) is 2.42. The van der Waals surface area contributed by atoms with Gasteiger partial charge in [-0.3, -0.25) is 4.79 Å². The zero-order valence-electron chi connectivity index (χ0n) is 5.03. The number of hydrogen-bond acceptors (Lipinski definition) is 1. The van der Waals surface area contributed by atoms with Crippen LogP contribution in [0.25, 0.3) is 0 Å². The highest BCUT2D eigenvalue weighted by molar-refractivity contribution is 14.1. The lowest BCUT2D eigenvalue weighted by molar-refractivity contribution is -0.139. The number of amides is 1. The molecule has 1 saturated heterocycles. The second kappa shape index (κ2) is 2.60. The first-order chi connectivity index (χ1) is 4.56. The van der Waals surface area contributed by atoms with Crippen molar-refractivity contribution in [1.82, 2.24) is 5.32 Å². The fourth-order valence-corrected chi connectivity index (χ4v) is 1.37. The lowest BCUT2D eigenvalue weighted by atomic mass is 10.2. The monoisotopic (exact) mass is 261 g/mol. The van der Waals surface area contributed by atoms with Gasteiger partial charge in [0.15, 0.2) is 0 Å². The molecule has 2 nitrogen and oxygen atoms in total. The van der Waals surface area contributed by atoms with Crippen molar-refractivity contribution in [3.05, 3.63) is 0 Å².